The van der Waals surface area contributed by atoms with Crippen LogP contribution >= 0.6 is 0 Å². The molecule has 0 spiro atoms. The zero-order chi connectivity index (χ0) is 14.9. The molecule has 0 saturated carbocycles. The number of rotatable bonds is 3. The Morgan fingerprint density at radius 3 is 2.65 bits per heavy atom. The first-order valence-electron chi connectivity index (χ1n) is 6.86. The van der Waals surface area contributed by atoms with Crippen molar-refractivity contribution in [3.63, 3.8) is 0 Å². The molecule has 1 N–H and O–H groups in total. The molecule has 7 heteroatoms. The Labute approximate surface area is 118 Å². The fourth-order valence-electron chi connectivity index (χ4n) is 2.99. The number of hydrogen-bond acceptors (Lipinski definition) is 4. The van der Waals surface area contributed by atoms with E-state index in [-0.39, 0.29) is 24.3 Å². The molecule has 0 aromatic heterocycles. The minimum Gasteiger partial charge on any atom is -0.480 e. The summed E-state index contributed by atoms with van der Waals surface area (Å²) in [6.45, 7) is 2.88. The summed E-state index contributed by atoms with van der Waals surface area (Å²) in [5, 5.41) is 9.25. The molecular weight excluding hydrogens is 264 g/mol. The van der Waals surface area contributed by atoms with Crippen LogP contribution in [0.4, 0.5) is 4.79 Å². The molecule has 0 bridgehead atoms. The lowest BCUT2D eigenvalue weighted by Crippen LogP contribution is -2.51. The first kappa shape index (κ1) is 15.1. The lowest BCUT2D eigenvalue weighted by Gasteiger charge is -2.32. The average Bonchev–Trinajstić information content (AvgIpc) is 3.02. The predicted molar refractivity (Wildman–Crippen MR) is 70.5 cm³/mol. The van der Waals surface area contributed by atoms with Crippen molar-refractivity contribution in [3.8, 4) is 0 Å². The molecule has 2 rings (SSSR count). The van der Waals surface area contributed by atoms with Gasteiger partial charge in [0.25, 0.3) is 0 Å². The van der Waals surface area contributed by atoms with E-state index in [1.54, 1.807) is 11.9 Å². The first-order chi connectivity index (χ1) is 9.45. The minimum atomic E-state index is -0.984. The molecule has 0 aliphatic carbocycles. The number of carboxylic acid groups (broad SMARTS) is 1. The highest BCUT2D eigenvalue weighted by Gasteiger charge is 2.43. The lowest BCUT2D eigenvalue weighted by molar-refractivity contribution is -0.141. The van der Waals surface area contributed by atoms with Crippen LogP contribution in [0.15, 0.2) is 0 Å². The van der Waals surface area contributed by atoms with E-state index < -0.39 is 12.0 Å². The number of ether oxygens (including phenoxy) is 2. The molecule has 2 saturated heterocycles. The van der Waals surface area contributed by atoms with Gasteiger partial charge in [0.05, 0.1) is 18.2 Å². The van der Waals surface area contributed by atoms with Crippen LogP contribution in [0.5, 0.6) is 0 Å². The number of nitrogens with zero attached hydrogens (tertiary/aromatic N) is 2. The SMILES string of the molecule is COC1CC(C(=O)O)N(C(=O)N(C)C2CCOC2C)C1. The van der Waals surface area contributed by atoms with E-state index in [1.807, 2.05) is 6.92 Å². The monoisotopic (exact) mass is 286 g/mol. The molecule has 0 radical (unpaired) electrons. The zero-order valence-electron chi connectivity index (χ0n) is 12.1. The Balaban J connectivity index is 2.08. The molecule has 2 fully saturated rings. The molecule has 2 aliphatic heterocycles. The predicted octanol–water partition coefficient (Wildman–Crippen LogP) is 0.390. The largest absolute Gasteiger partial charge is 0.480 e. The number of carbonyl (C=O) groups excluding carboxylic acids is 1. The van der Waals surface area contributed by atoms with Crippen LogP contribution in [0.2, 0.25) is 0 Å². The van der Waals surface area contributed by atoms with Crippen molar-refractivity contribution in [1.82, 2.24) is 9.80 Å². The highest BCUT2D eigenvalue weighted by atomic mass is 16.5. The van der Waals surface area contributed by atoms with E-state index in [0.29, 0.717) is 19.6 Å². The maximum atomic E-state index is 12.5. The quantitative estimate of drug-likeness (QED) is 0.812. The number of urea groups is 1. The van der Waals surface area contributed by atoms with Crippen LogP contribution in [-0.4, -0.2) is 78.5 Å². The second kappa shape index (κ2) is 5.97. The second-order valence-electron chi connectivity index (χ2n) is 5.43. The van der Waals surface area contributed by atoms with Crippen molar-refractivity contribution in [2.24, 2.45) is 0 Å². The summed E-state index contributed by atoms with van der Waals surface area (Å²) in [5.74, 6) is -0.984. The van der Waals surface area contributed by atoms with Gasteiger partial charge < -0.3 is 24.4 Å². The van der Waals surface area contributed by atoms with E-state index in [1.165, 1.54) is 12.0 Å². The summed E-state index contributed by atoms with van der Waals surface area (Å²) in [6, 6.07) is -1.08. The zero-order valence-corrected chi connectivity index (χ0v) is 12.1. The van der Waals surface area contributed by atoms with E-state index >= 15 is 0 Å². The Kier molecular flexibility index (Phi) is 4.49. The third-order valence-corrected chi connectivity index (χ3v) is 4.26. The highest BCUT2D eigenvalue weighted by Crippen LogP contribution is 2.25. The minimum absolute atomic E-state index is 0.00135. The van der Waals surface area contributed by atoms with Crippen LogP contribution in [0.25, 0.3) is 0 Å². The van der Waals surface area contributed by atoms with Crippen molar-refractivity contribution in [3.05, 3.63) is 0 Å². The highest BCUT2D eigenvalue weighted by molar-refractivity contribution is 5.83. The number of carbonyl (C=O) groups is 2. The van der Waals surface area contributed by atoms with Crippen molar-refractivity contribution in [2.45, 2.75) is 44.1 Å². The Hall–Kier alpha value is -1.34. The van der Waals surface area contributed by atoms with Crippen molar-refractivity contribution < 1.29 is 24.2 Å². The van der Waals surface area contributed by atoms with E-state index in [0.717, 1.165) is 6.42 Å². The molecule has 2 heterocycles. The Morgan fingerprint density at radius 2 is 2.15 bits per heavy atom. The molecule has 4 unspecified atom stereocenters. The van der Waals surface area contributed by atoms with Crippen molar-refractivity contribution in [2.75, 3.05) is 27.3 Å². The maximum Gasteiger partial charge on any atom is 0.326 e. The van der Waals surface area contributed by atoms with Crippen LogP contribution in [0.1, 0.15) is 19.8 Å². The van der Waals surface area contributed by atoms with Crippen molar-refractivity contribution >= 4 is 12.0 Å². The number of amides is 2. The first-order valence-corrected chi connectivity index (χ1v) is 6.86. The molecule has 7 nitrogen and oxygen atoms in total. The van der Waals surface area contributed by atoms with Crippen LogP contribution in [0.3, 0.4) is 0 Å². The lowest BCUT2D eigenvalue weighted by atomic mass is 10.1. The van der Waals surface area contributed by atoms with Crippen molar-refractivity contribution in [1.29, 1.82) is 0 Å². The third kappa shape index (κ3) is 2.73. The molecule has 114 valence electrons. The molecular formula is C13H22N2O5. The van der Waals surface area contributed by atoms with Gasteiger partial charge in [-0.2, -0.15) is 0 Å². The number of likely N-dealkylation sites (tertiary alicyclic amines) is 1. The van der Waals surface area contributed by atoms with Gasteiger partial charge in [-0.15, -0.1) is 0 Å². The summed E-state index contributed by atoms with van der Waals surface area (Å²) in [6.07, 6.45) is 0.879. The van der Waals surface area contributed by atoms with E-state index in [4.69, 9.17) is 9.47 Å². The molecule has 2 amide bonds. The summed E-state index contributed by atoms with van der Waals surface area (Å²) in [7, 11) is 3.24. The molecule has 4 atom stereocenters. The maximum absolute atomic E-state index is 12.5. The summed E-state index contributed by atoms with van der Waals surface area (Å²) in [5.41, 5.74) is 0. The number of likely N-dealkylation sites (N-methyl/N-ethyl adjacent to an activating group) is 1. The molecule has 20 heavy (non-hydrogen) atoms. The van der Waals surface area contributed by atoms with Gasteiger partial charge in [-0.05, 0) is 13.3 Å². The summed E-state index contributed by atoms with van der Waals surface area (Å²) in [4.78, 5) is 26.8. The molecule has 0 aromatic rings. The summed E-state index contributed by atoms with van der Waals surface area (Å²) >= 11 is 0. The normalized spacial score (nSPS) is 33.5. The fourth-order valence-corrected chi connectivity index (χ4v) is 2.99. The van der Waals surface area contributed by atoms with E-state index in [2.05, 4.69) is 0 Å². The van der Waals surface area contributed by atoms with Gasteiger partial charge in [-0.25, -0.2) is 9.59 Å². The van der Waals surface area contributed by atoms with Crippen LogP contribution in [0, 0.1) is 0 Å². The standard InChI is InChI=1S/C13H22N2O5/c1-8-10(4-5-20-8)14(2)13(18)15-7-9(19-3)6-11(15)12(16)17/h8-11H,4-7H2,1-3H3,(H,16,17). The second-order valence-corrected chi connectivity index (χ2v) is 5.43. The van der Waals surface area contributed by atoms with Gasteiger partial charge in [0.1, 0.15) is 6.04 Å². The van der Waals surface area contributed by atoms with Gasteiger partial charge in [0.15, 0.2) is 0 Å². The molecule has 0 aromatic carbocycles. The number of methoxy groups -OCH3 is 1. The topological polar surface area (TPSA) is 79.3 Å². The van der Waals surface area contributed by atoms with Gasteiger partial charge in [-0.3, -0.25) is 0 Å². The fraction of sp³-hybridized carbons (Fsp3) is 0.846. The van der Waals surface area contributed by atoms with Gasteiger partial charge in [0, 0.05) is 33.7 Å². The average molecular weight is 286 g/mol. The smallest absolute Gasteiger partial charge is 0.326 e. The van der Waals surface area contributed by atoms with Gasteiger partial charge >= 0.3 is 12.0 Å². The molecule has 2 aliphatic rings. The Morgan fingerprint density at radius 1 is 1.45 bits per heavy atom. The van der Waals surface area contributed by atoms with Crippen LogP contribution < -0.4 is 0 Å². The Bertz CT molecular complexity index is 389. The number of hydrogen-bond donors (Lipinski definition) is 1. The van der Waals surface area contributed by atoms with Gasteiger partial charge in [-0.1, -0.05) is 0 Å². The van der Waals surface area contributed by atoms with Gasteiger partial charge in [0.2, 0.25) is 0 Å². The van der Waals surface area contributed by atoms with Crippen LogP contribution in [-0.2, 0) is 14.3 Å². The number of aliphatic carboxylic acids is 1. The van der Waals surface area contributed by atoms with E-state index in [9.17, 15) is 14.7 Å². The summed E-state index contributed by atoms with van der Waals surface area (Å²) < 4.78 is 10.7. The number of carboxylic acids is 1. The third-order valence-electron chi connectivity index (χ3n) is 4.26.